The molecule has 0 bridgehead atoms. The van der Waals surface area contributed by atoms with Crippen LogP contribution < -0.4 is 65.0 Å². The Morgan fingerprint density at radius 2 is 0.692 bits per heavy atom. The summed E-state index contributed by atoms with van der Waals surface area (Å²) in [6, 6.07) is 137. The number of anilines is 3. The predicted molar refractivity (Wildman–Crippen MR) is 582 cm³/mol. The maximum Gasteiger partial charge on any atom is 0.247 e. The molecule has 2 aliphatic rings. The lowest BCUT2D eigenvalue weighted by Crippen LogP contribution is -2.62. The number of aromatic nitrogens is 2. The first-order valence-corrected chi connectivity index (χ1v) is 46.2. The van der Waals surface area contributed by atoms with Gasteiger partial charge in [-0.25, -0.2) is 0 Å². The van der Waals surface area contributed by atoms with Crippen molar-refractivity contribution in [3.05, 3.63) is 386 Å². The summed E-state index contributed by atoms with van der Waals surface area (Å²) in [6.45, 7) is 13.6. The molecular formula is C117H94B9N3O. The number of furan rings is 1. The summed E-state index contributed by atoms with van der Waals surface area (Å²) >= 11 is 0. The zero-order valence-corrected chi connectivity index (χ0v) is 76.5. The standard InChI is InChI=1S/C117H94B9N3O/c1-116(2,3)78-47-40-66(41-48-78)75-58-84(68-26-12-7-13-27-68)100(85(59-75)69-28-14-8-15-29-69)101-90-65-81(128-114-102(104(118)106(120)108(122)110(114)124)103-105(119)107(121)109(123)111(125)115(103)128)51-53-92(90)126-93-52-44-74(72-45-54-95-88(56-72)82-36-22-24-38-94(82)127(95)80-34-20-11-21-35-80)63-96(93)129(97-64-77(62-91(101)112(97)126)73-46-55-99-89(57-73)83-37-23-25-39-98(83)130-99)113-86(70-30-16-9-17-31-70)60-76(61-87(113)71-32-18-10-19-33-71)67-42-49-79(50-43-67)117(4,5)6/h7-65,101H,118-125H2,1-6H3. The van der Waals surface area contributed by atoms with Crippen LogP contribution in [0.25, 0.3) is 166 Å². The van der Waals surface area contributed by atoms with E-state index in [2.05, 4.69) is 476 Å². The zero-order chi connectivity index (χ0) is 88.6. The predicted octanol–water partition coefficient (Wildman–Crippen LogP) is 15.6. The Labute approximate surface area is 769 Å². The van der Waals surface area contributed by atoms with Gasteiger partial charge in [-0.1, -0.05) is 341 Å². The molecule has 13 heteroatoms. The van der Waals surface area contributed by atoms with Gasteiger partial charge in [0.2, 0.25) is 6.71 Å². The summed E-state index contributed by atoms with van der Waals surface area (Å²) in [5.41, 5.74) is 51.0. The van der Waals surface area contributed by atoms with Crippen LogP contribution in [-0.4, -0.2) is 78.6 Å². The highest BCUT2D eigenvalue weighted by Gasteiger charge is 2.47. The largest absolute Gasteiger partial charge is 0.456 e. The number of nitrogens with zero attached hydrogens (tertiary/aromatic N) is 3. The molecule has 3 aromatic heterocycles. The molecule has 23 rings (SSSR count). The van der Waals surface area contributed by atoms with Gasteiger partial charge in [-0.05, 0) is 235 Å². The third-order valence-electron chi connectivity index (χ3n) is 29.6. The van der Waals surface area contributed by atoms with Crippen molar-refractivity contribution >= 4 is 212 Å². The molecule has 0 fully saturated rings. The van der Waals surface area contributed by atoms with Crippen molar-refractivity contribution in [1.29, 1.82) is 0 Å². The van der Waals surface area contributed by atoms with Crippen LogP contribution in [0.5, 0.6) is 0 Å². The first kappa shape index (κ1) is 80.3. The molecule has 21 aromatic rings. The van der Waals surface area contributed by atoms with Gasteiger partial charge in [0, 0.05) is 72.4 Å². The van der Waals surface area contributed by atoms with E-state index in [-0.39, 0.29) is 17.5 Å². The van der Waals surface area contributed by atoms with E-state index in [0.29, 0.717) is 0 Å². The van der Waals surface area contributed by atoms with Crippen LogP contribution in [0.2, 0.25) is 0 Å². The second-order valence-electron chi connectivity index (χ2n) is 38.8. The van der Waals surface area contributed by atoms with Gasteiger partial charge in [-0.3, -0.25) is 0 Å². The lowest BCUT2D eigenvalue weighted by atomic mass is 9.31. The van der Waals surface area contributed by atoms with Crippen LogP contribution in [-0.2, 0) is 10.8 Å². The van der Waals surface area contributed by atoms with E-state index in [1.807, 2.05) is 0 Å². The lowest BCUT2D eigenvalue weighted by molar-refractivity contribution is 0.590. The average Bonchev–Trinajstić information content (AvgIpc) is 1.23. The number of benzene rings is 18. The molecule has 2 aliphatic heterocycles. The third-order valence-corrected chi connectivity index (χ3v) is 29.6. The highest BCUT2D eigenvalue weighted by Crippen LogP contribution is 2.55. The van der Waals surface area contributed by atoms with Crippen molar-refractivity contribution in [2.45, 2.75) is 58.3 Å². The van der Waals surface area contributed by atoms with Crippen molar-refractivity contribution < 1.29 is 4.42 Å². The second-order valence-corrected chi connectivity index (χ2v) is 38.8. The minimum absolute atomic E-state index is 0.0398. The fraction of sp³-hybridized carbons (Fsp3) is 0.0769. The molecule has 0 N–H and O–H groups in total. The first-order chi connectivity index (χ1) is 63.1. The molecule has 18 aromatic carbocycles. The SMILES string of the molecule is Bc1c(B)c(B)c2c(c1B)c1c(B)c(B)c(B)c(B)c1n2-c1ccc2c(c1)C(c1c(-c3ccccc3)cc(-c3ccc(C(C)(C)C)cc3)cc1-c1ccccc1)c1cc(-c3ccc4oc5ccccc5c4c3)cc3c1B2c1ccc(-c2ccc4c(c2)c2ccccc2n4-c2ccccc2)cc1N3c1c(-c2ccccc2)cc(-c2ccc(C(C)(C)C)cc2)cc1-c1ccccc1. The van der Waals surface area contributed by atoms with E-state index in [9.17, 15) is 0 Å². The first-order valence-electron chi connectivity index (χ1n) is 46.2. The summed E-state index contributed by atoms with van der Waals surface area (Å²) in [6.07, 6.45) is 0. The van der Waals surface area contributed by atoms with Gasteiger partial charge < -0.3 is 18.5 Å². The van der Waals surface area contributed by atoms with Crippen LogP contribution in [0.1, 0.15) is 75.3 Å². The summed E-state index contributed by atoms with van der Waals surface area (Å²) in [5, 5.41) is 7.25. The van der Waals surface area contributed by atoms with E-state index in [1.54, 1.807) is 0 Å². The Morgan fingerprint density at radius 3 is 1.25 bits per heavy atom. The van der Waals surface area contributed by atoms with Crippen molar-refractivity contribution in [3.8, 4) is 100 Å². The van der Waals surface area contributed by atoms with E-state index in [4.69, 9.17) is 4.42 Å². The van der Waals surface area contributed by atoms with Gasteiger partial charge in [-0.15, -0.1) is 10.9 Å². The normalized spacial score (nSPS) is 13.1. The number of hydrogen-bond acceptors (Lipinski definition) is 2. The molecule has 0 saturated heterocycles. The van der Waals surface area contributed by atoms with Crippen LogP contribution in [0.3, 0.4) is 0 Å². The van der Waals surface area contributed by atoms with Crippen LogP contribution in [0, 0.1) is 0 Å². The fourth-order valence-corrected chi connectivity index (χ4v) is 22.2. The van der Waals surface area contributed by atoms with Gasteiger partial charge in [0.1, 0.15) is 73.9 Å². The number of para-hydroxylation sites is 3. The van der Waals surface area contributed by atoms with Crippen molar-refractivity contribution in [3.63, 3.8) is 0 Å². The van der Waals surface area contributed by atoms with Crippen LogP contribution in [0.4, 0.5) is 17.1 Å². The Morgan fingerprint density at radius 1 is 0.277 bits per heavy atom. The number of fused-ring (bicyclic) bond motifs is 13. The molecule has 610 valence electrons. The van der Waals surface area contributed by atoms with Crippen molar-refractivity contribution in [1.82, 2.24) is 9.13 Å². The summed E-state index contributed by atoms with van der Waals surface area (Å²) < 4.78 is 12.0. The van der Waals surface area contributed by atoms with E-state index < -0.39 is 5.92 Å². The van der Waals surface area contributed by atoms with E-state index in [1.165, 1.54) is 143 Å². The monoisotopic (exact) mass is 1660 g/mol. The maximum atomic E-state index is 6.82. The second kappa shape index (κ2) is 30.7. The Kier molecular flexibility index (Phi) is 19.0. The Hall–Kier alpha value is -14.3. The quantitative estimate of drug-likeness (QED) is 0.114. The minimum atomic E-state index is -0.430. The average molecular weight is 1660 g/mol. The molecule has 4 nitrogen and oxygen atoms in total. The topological polar surface area (TPSA) is 26.2 Å². The van der Waals surface area contributed by atoms with E-state index >= 15 is 0 Å². The highest BCUT2D eigenvalue weighted by atomic mass is 16.3. The summed E-state index contributed by atoms with van der Waals surface area (Å²) in [4.78, 5) is 2.76. The van der Waals surface area contributed by atoms with Gasteiger partial charge in [0.25, 0.3) is 0 Å². The highest BCUT2D eigenvalue weighted by molar-refractivity contribution is 6.99. The van der Waals surface area contributed by atoms with Gasteiger partial charge in [0.15, 0.2) is 0 Å². The minimum Gasteiger partial charge on any atom is -0.456 e. The molecule has 0 saturated carbocycles. The number of hydrogen-bond donors (Lipinski definition) is 0. The fourth-order valence-electron chi connectivity index (χ4n) is 22.2. The molecule has 5 heterocycles. The Bertz CT molecular complexity index is 8060. The summed E-state index contributed by atoms with van der Waals surface area (Å²) in [7, 11) is 18.9. The van der Waals surface area contributed by atoms with Gasteiger partial charge >= 0.3 is 0 Å². The van der Waals surface area contributed by atoms with E-state index in [0.717, 1.165) is 128 Å². The molecule has 130 heavy (non-hydrogen) atoms. The maximum absolute atomic E-state index is 6.82. The molecule has 0 amide bonds. The van der Waals surface area contributed by atoms with Crippen LogP contribution in [0.15, 0.2) is 362 Å². The molecular weight excluding hydrogens is 1560 g/mol. The van der Waals surface area contributed by atoms with Crippen molar-refractivity contribution in [2.24, 2.45) is 0 Å². The smallest absolute Gasteiger partial charge is 0.247 e. The lowest BCUT2D eigenvalue weighted by Gasteiger charge is -2.45. The van der Waals surface area contributed by atoms with Gasteiger partial charge in [-0.2, -0.15) is 0 Å². The number of rotatable bonds is 12. The van der Waals surface area contributed by atoms with Crippen LogP contribution >= 0.6 is 0 Å². The Balaban J connectivity index is 0.906. The summed E-state index contributed by atoms with van der Waals surface area (Å²) in [5.74, 6) is -0.430. The third kappa shape index (κ3) is 12.8. The zero-order valence-electron chi connectivity index (χ0n) is 76.5. The molecule has 0 radical (unpaired) electrons. The molecule has 1 atom stereocenters. The molecule has 0 aliphatic carbocycles. The molecule has 1 unspecified atom stereocenters. The van der Waals surface area contributed by atoms with Gasteiger partial charge in [0.05, 0.1) is 16.7 Å². The van der Waals surface area contributed by atoms with Crippen molar-refractivity contribution in [2.75, 3.05) is 4.90 Å². The molecule has 0 spiro atoms.